The van der Waals surface area contributed by atoms with Crippen molar-refractivity contribution in [2.45, 2.75) is 6.92 Å². The largest absolute Gasteiger partial charge is 0.384 e. The molecule has 0 saturated heterocycles. The second-order valence-electron chi connectivity index (χ2n) is 2.86. The lowest BCUT2D eigenvalue weighted by Crippen LogP contribution is -1.89. The van der Waals surface area contributed by atoms with Crippen molar-refractivity contribution in [2.24, 2.45) is 0 Å². The minimum Gasteiger partial charge on any atom is -0.384 e. The molecule has 0 aromatic carbocycles. The minimum absolute atomic E-state index is 0.572. The van der Waals surface area contributed by atoms with Crippen molar-refractivity contribution in [3.05, 3.63) is 34.7 Å². The summed E-state index contributed by atoms with van der Waals surface area (Å²) in [6.07, 6.45) is 1.74. The zero-order valence-corrected chi connectivity index (χ0v) is 8.14. The van der Waals surface area contributed by atoms with Gasteiger partial charge in [-0.3, -0.25) is 0 Å². The molecule has 2 nitrogen and oxygen atoms in total. The molecule has 0 saturated carbocycles. The van der Waals surface area contributed by atoms with Crippen LogP contribution in [0.15, 0.2) is 29.8 Å². The topological polar surface area (TPSA) is 38.9 Å². The van der Waals surface area contributed by atoms with Crippen LogP contribution in [0.1, 0.15) is 4.88 Å². The Hall–Kier alpha value is -1.35. The summed E-state index contributed by atoms with van der Waals surface area (Å²) in [6.45, 7) is 2.11. The van der Waals surface area contributed by atoms with Crippen LogP contribution in [0, 0.1) is 6.92 Å². The van der Waals surface area contributed by atoms with E-state index in [4.69, 9.17) is 5.73 Å². The predicted octanol–water partition coefficient (Wildman–Crippen LogP) is 2.70. The van der Waals surface area contributed by atoms with Gasteiger partial charge in [0.05, 0.1) is 0 Å². The number of aromatic nitrogens is 1. The van der Waals surface area contributed by atoms with Crippen LogP contribution in [0.5, 0.6) is 0 Å². The van der Waals surface area contributed by atoms with E-state index in [-0.39, 0.29) is 0 Å². The van der Waals surface area contributed by atoms with E-state index in [2.05, 4.69) is 23.4 Å². The molecule has 2 N–H and O–H groups in total. The molecule has 66 valence electrons. The first kappa shape index (κ1) is 8.26. The fourth-order valence-electron chi connectivity index (χ4n) is 1.30. The summed E-state index contributed by atoms with van der Waals surface area (Å²) in [4.78, 5) is 5.27. The number of nitrogen functional groups attached to an aromatic ring is 1. The summed E-state index contributed by atoms with van der Waals surface area (Å²) in [5.74, 6) is 0.572. The molecule has 0 fully saturated rings. The maximum atomic E-state index is 5.61. The normalized spacial score (nSPS) is 10.2. The second kappa shape index (κ2) is 3.18. The van der Waals surface area contributed by atoms with Gasteiger partial charge in [0.25, 0.3) is 0 Å². The van der Waals surface area contributed by atoms with Crippen molar-refractivity contribution in [1.82, 2.24) is 4.98 Å². The van der Waals surface area contributed by atoms with Gasteiger partial charge in [-0.2, -0.15) is 0 Å². The summed E-state index contributed by atoms with van der Waals surface area (Å²) >= 11 is 1.74. The van der Waals surface area contributed by atoms with Crippen molar-refractivity contribution in [3.8, 4) is 11.1 Å². The highest BCUT2D eigenvalue weighted by Crippen LogP contribution is 2.27. The van der Waals surface area contributed by atoms with Gasteiger partial charge in [0.15, 0.2) is 0 Å². The standard InChI is InChI=1S/C10H10N2S/c1-7-9(3-5-13-7)8-2-4-12-10(11)6-8/h2-6H,1H3,(H2,11,12). The van der Waals surface area contributed by atoms with Gasteiger partial charge in [-0.15, -0.1) is 11.3 Å². The van der Waals surface area contributed by atoms with Gasteiger partial charge in [0, 0.05) is 11.1 Å². The molecule has 0 spiro atoms. The van der Waals surface area contributed by atoms with E-state index < -0.39 is 0 Å². The summed E-state index contributed by atoms with van der Waals surface area (Å²) < 4.78 is 0. The highest BCUT2D eigenvalue weighted by atomic mass is 32.1. The number of anilines is 1. The number of pyridine rings is 1. The van der Waals surface area contributed by atoms with Crippen LogP contribution in [0.25, 0.3) is 11.1 Å². The first-order chi connectivity index (χ1) is 6.27. The fraction of sp³-hybridized carbons (Fsp3) is 0.100. The Bertz CT molecular complexity index is 420. The lowest BCUT2D eigenvalue weighted by molar-refractivity contribution is 1.34. The van der Waals surface area contributed by atoms with E-state index in [1.807, 2.05) is 12.1 Å². The summed E-state index contributed by atoms with van der Waals surface area (Å²) in [7, 11) is 0. The maximum Gasteiger partial charge on any atom is 0.123 e. The lowest BCUT2D eigenvalue weighted by atomic mass is 10.1. The molecular formula is C10H10N2S. The molecule has 13 heavy (non-hydrogen) atoms. The van der Waals surface area contributed by atoms with Crippen molar-refractivity contribution >= 4 is 17.2 Å². The average Bonchev–Trinajstić information content (AvgIpc) is 2.51. The molecule has 2 heterocycles. The van der Waals surface area contributed by atoms with E-state index >= 15 is 0 Å². The Morgan fingerprint density at radius 2 is 2.23 bits per heavy atom. The molecule has 0 unspecified atom stereocenters. The van der Waals surface area contributed by atoms with E-state index in [1.165, 1.54) is 10.4 Å². The third-order valence-electron chi connectivity index (χ3n) is 1.95. The average molecular weight is 190 g/mol. The molecule has 0 atom stereocenters. The number of nitrogens with two attached hydrogens (primary N) is 1. The fourth-order valence-corrected chi connectivity index (χ4v) is 2.02. The summed E-state index contributed by atoms with van der Waals surface area (Å²) in [5, 5.41) is 2.08. The number of aryl methyl sites for hydroxylation is 1. The van der Waals surface area contributed by atoms with E-state index in [1.54, 1.807) is 17.5 Å². The highest BCUT2D eigenvalue weighted by Gasteiger charge is 2.02. The Balaban J connectivity index is 2.53. The SMILES string of the molecule is Cc1sccc1-c1ccnc(N)c1. The Morgan fingerprint density at radius 3 is 2.85 bits per heavy atom. The zero-order valence-electron chi connectivity index (χ0n) is 7.32. The Labute approximate surface area is 81.1 Å². The van der Waals surface area contributed by atoms with Gasteiger partial charge in [-0.25, -0.2) is 4.98 Å². The third kappa shape index (κ3) is 1.55. The third-order valence-corrected chi connectivity index (χ3v) is 2.80. The molecule has 0 radical (unpaired) electrons. The summed E-state index contributed by atoms with van der Waals surface area (Å²) in [6, 6.07) is 5.98. The molecule has 3 heteroatoms. The summed E-state index contributed by atoms with van der Waals surface area (Å²) in [5.41, 5.74) is 8.00. The smallest absolute Gasteiger partial charge is 0.123 e. The minimum atomic E-state index is 0.572. The van der Waals surface area contributed by atoms with Crippen LogP contribution >= 0.6 is 11.3 Å². The number of hydrogen-bond acceptors (Lipinski definition) is 3. The van der Waals surface area contributed by atoms with Gasteiger partial charge in [-0.1, -0.05) is 0 Å². The first-order valence-corrected chi connectivity index (χ1v) is 4.91. The van der Waals surface area contributed by atoms with Crippen LogP contribution in [-0.2, 0) is 0 Å². The van der Waals surface area contributed by atoms with E-state index in [0.717, 1.165) is 5.56 Å². The van der Waals surface area contributed by atoms with E-state index in [0.29, 0.717) is 5.82 Å². The number of hydrogen-bond donors (Lipinski definition) is 1. The second-order valence-corrected chi connectivity index (χ2v) is 3.98. The Kier molecular flexibility index (Phi) is 2.02. The quantitative estimate of drug-likeness (QED) is 0.751. The molecule has 2 aromatic rings. The first-order valence-electron chi connectivity index (χ1n) is 4.03. The van der Waals surface area contributed by atoms with Crippen LogP contribution < -0.4 is 5.73 Å². The van der Waals surface area contributed by atoms with E-state index in [9.17, 15) is 0 Å². The van der Waals surface area contributed by atoms with Crippen LogP contribution in [-0.4, -0.2) is 4.98 Å². The number of nitrogens with zero attached hydrogens (tertiary/aromatic N) is 1. The molecule has 0 aliphatic rings. The molecule has 2 rings (SSSR count). The number of rotatable bonds is 1. The zero-order chi connectivity index (χ0) is 9.26. The molecule has 2 aromatic heterocycles. The number of thiophene rings is 1. The lowest BCUT2D eigenvalue weighted by Gasteiger charge is -2.00. The molecule has 0 amide bonds. The van der Waals surface area contributed by atoms with Crippen LogP contribution in [0.4, 0.5) is 5.82 Å². The molecule has 0 bridgehead atoms. The molecule has 0 aliphatic carbocycles. The predicted molar refractivity (Wildman–Crippen MR) is 56.7 cm³/mol. The molecular weight excluding hydrogens is 180 g/mol. The Morgan fingerprint density at radius 1 is 1.38 bits per heavy atom. The monoisotopic (exact) mass is 190 g/mol. The van der Waals surface area contributed by atoms with Gasteiger partial charge in [-0.05, 0) is 41.6 Å². The highest BCUT2D eigenvalue weighted by molar-refractivity contribution is 7.10. The van der Waals surface area contributed by atoms with Crippen molar-refractivity contribution in [2.75, 3.05) is 5.73 Å². The van der Waals surface area contributed by atoms with Crippen LogP contribution in [0.3, 0.4) is 0 Å². The van der Waals surface area contributed by atoms with Crippen molar-refractivity contribution < 1.29 is 0 Å². The van der Waals surface area contributed by atoms with Gasteiger partial charge in [0.2, 0.25) is 0 Å². The van der Waals surface area contributed by atoms with Gasteiger partial charge < -0.3 is 5.73 Å². The van der Waals surface area contributed by atoms with Gasteiger partial charge in [0.1, 0.15) is 5.82 Å². The van der Waals surface area contributed by atoms with Gasteiger partial charge >= 0.3 is 0 Å². The van der Waals surface area contributed by atoms with Crippen molar-refractivity contribution in [3.63, 3.8) is 0 Å². The maximum absolute atomic E-state index is 5.61. The molecule has 0 aliphatic heterocycles. The van der Waals surface area contributed by atoms with Crippen LogP contribution in [0.2, 0.25) is 0 Å². The van der Waals surface area contributed by atoms with Crippen molar-refractivity contribution in [1.29, 1.82) is 0 Å².